The van der Waals surface area contributed by atoms with Crippen molar-refractivity contribution >= 4 is 39.6 Å². The third kappa shape index (κ3) is 9.10. The summed E-state index contributed by atoms with van der Waals surface area (Å²) >= 11 is 0. The number of nitrogens with one attached hydrogen (secondary N) is 4. The molecule has 0 aromatic heterocycles. The lowest BCUT2D eigenvalue weighted by atomic mass is 9.85. The smallest absolute Gasteiger partial charge is 0.315 e. The second-order valence-electron chi connectivity index (χ2n) is 17.6. The molecule has 3 aliphatic rings. The van der Waals surface area contributed by atoms with E-state index in [0.717, 1.165) is 10.4 Å². The Morgan fingerprint density at radius 1 is 1.04 bits per heavy atom. The lowest BCUT2D eigenvalue weighted by molar-refractivity contribution is -0.145. The van der Waals surface area contributed by atoms with Gasteiger partial charge in [0.15, 0.2) is 0 Å². The number of sulfonamides is 1. The van der Waals surface area contributed by atoms with Crippen molar-refractivity contribution in [2.45, 2.75) is 104 Å². The van der Waals surface area contributed by atoms with Crippen molar-refractivity contribution in [2.24, 2.45) is 34.0 Å². The normalized spacial score (nSPS) is 22.6. The molecule has 1 unspecified atom stereocenters. The molecule has 4 rings (SSSR count). The number of halogens is 1. The number of amides is 5. The first-order chi connectivity index (χ1) is 24.3. The van der Waals surface area contributed by atoms with Gasteiger partial charge in [0.1, 0.15) is 23.9 Å². The van der Waals surface area contributed by atoms with Crippen LogP contribution in [-0.2, 0) is 29.2 Å². The number of fused-ring (bicyclic) bond motifs is 1. The van der Waals surface area contributed by atoms with Crippen LogP contribution in [0.4, 0.5) is 9.18 Å². The summed E-state index contributed by atoms with van der Waals surface area (Å²) < 4.78 is 42.1. The molecule has 0 radical (unpaired) electrons. The van der Waals surface area contributed by atoms with Crippen LogP contribution in [0.25, 0.3) is 0 Å². The van der Waals surface area contributed by atoms with Crippen LogP contribution >= 0.6 is 0 Å². The van der Waals surface area contributed by atoms with Gasteiger partial charge in [-0.3, -0.25) is 19.2 Å². The molecule has 5 amide bonds. The number of likely N-dealkylation sites (tertiary alicyclic amines) is 1. The first-order valence-electron chi connectivity index (χ1n) is 18.2. The molecule has 1 aromatic rings. The van der Waals surface area contributed by atoms with Crippen molar-refractivity contribution < 1.29 is 36.8 Å². The minimum Gasteiger partial charge on any atom is -0.346 e. The molecule has 1 saturated heterocycles. The fourth-order valence-electron chi connectivity index (χ4n) is 7.33. The van der Waals surface area contributed by atoms with E-state index in [1.807, 2.05) is 34.6 Å². The predicted molar refractivity (Wildman–Crippen MR) is 198 cm³/mol. The number of carbonyl (C=O) groups is 5. The Balaban J connectivity index is 1.53. The molecule has 0 spiro atoms. The minimum atomic E-state index is -4.13. The standard InChI is InChI=1S/C38H57FN6O7S/c1-12-17-40-33(48)30(46)28(22-14-15-22)42-32(47)29-27-24(38(27,9)10)19-45(29)34(49)31(37(6,7)8)43-35(50)41-26(36(3,4)5)20-44(11)53(51,52)25-18-23(39)16-13-21(25)2/h12-13,16,18,22,24,26-29,31H,1,14-15,17,19-20H2,2-11H3,(H,40,48)(H,42,47)(H2,41,43,50)/t24-,26+,27-,28?,29-,31+/m0/s1. The third-order valence-corrected chi connectivity index (χ3v) is 13.0. The number of hydrogen-bond donors (Lipinski definition) is 4. The van der Waals surface area contributed by atoms with Gasteiger partial charge in [0.05, 0.1) is 4.90 Å². The quantitative estimate of drug-likeness (QED) is 0.167. The van der Waals surface area contributed by atoms with Crippen LogP contribution in [0.15, 0.2) is 35.7 Å². The molecule has 1 heterocycles. The van der Waals surface area contributed by atoms with E-state index in [9.17, 15) is 36.8 Å². The van der Waals surface area contributed by atoms with Gasteiger partial charge in [-0.05, 0) is 71.5 Å². The Labute approximate surface area is 313 Å². The van der Waals surface area contributed by atoms with Gasteiger partial charge in [-0.15, -0.1) is 6.58 Å². The summed E-state index contributed by atoms with van der Waals surface area (Å²) in [6.07, 6.45) is 2.82. The lowest BCUT2D eigenvalue weighted by Gasteiger charge is -2.39. The number of carbonyl (C=O) groups excluding carboxylic acids is 5. The fraction of sp³-hybridized carbons (Fsp3) is 0.658. The molecule has 4 N–H and O–H groups in total. The fourth-order valence-corrected chi connectivity index (χ4v) is 8.75. The molecule has 3 fully saturated rings. The molecular formula is C38H57FN6O7S. The van der Waals surface area contributed by atoms with Crippen LogP contribution in [0, 0.1) is 46.7 Å². The first kappa shape index (κ1) is 41.9. The maximum Gasteiger partial charge on any atom is 0.315 e. The topological polar surface area (TPSA) is 174 Å². The van der Waals surface area contributed by atoms with Gasteiger partial charge in [-0.2, -0.15) is 4.31 Å². The SMILES string of the molecule is C=CCNC(=O)C(=O)C(NC(=O)[C@@H]1[C@@H]2[C@H](CN1C(=O)[C@@H](NC(=O)N[C@H](CN(C)S(=O)(=O)c1cc(F)ccc1C)C(C)(C)C)C(C)(C)C)C2(C)C)C1CC1. The monoisotopic (exact) mass is 760 g/mol. The number of ketones is 1. The first-order valence-corrected chi connectivity index (χ1v) is 19.6. The Morgan fingerprint density at radius 3 is 2.21 bits per heavy atom. The molecule has 1 aromatic carbocycles. The van der Waals surface area contributed by atoms with Gasteiger partial charge in [-0.1, -0.05) is 67.5 Å². The van der Waals surface area contributed by atoms with Gasteiger partial charge in [-0.25, -0.2) is 17.6 Å². The van der Waals surface area contributed by atoms with Crippen molar-refractivity contribution in [3.63, 3.8) is 0 Å². The van der Waals surface area contributed by atoms with Crippen molar-refractivity contribution in [1.29, 1.82) is 0 Å². The van der Waals surface area contributed by atoms with E-state index in [4.69, 9.17) is 0 Å². The Morgan fingerprint density at radius 2 is 1.66 bits per heavy atom. The summed E-state index contributed by atoms with van der Waals surface area (Å²) in [5.74, 6) is -3.56. The number of nitrogens with zero attached hydrogens (tertiary/aromatic N) is 2. The van der Waals surface area contributed by atoms with Crippen LogP contribution in [0.2, 0.25) is 0 Å². The summed E-state index contributed by atoms with van der Waals surface area (Å²) in [5, 5.41) is 11.0. The van der Waals surface area contributed by atoms with Crippen LogP contribution in [-0.4, -0.2) is 98.0 Å². The highest BCUT2D eigenvalue weighted by atomic mass is 32.2. The van der Waals surface area contributed by atoms with E-state index in [1.54, 1.807) is 27.7 Å². The molecule has 1 aliphatic heterocycles. The lowest BCUT2D eigenvalue weighted by Crippen LogP contribution is -2.63. The largest absolute Gasteiger partial charge is 0.346 e. The highest BCUT2D eigenvalue weighted by Crippen LogP contribution is 2.65. The summed E-state index contributed by atoms with van der Waals surface area (Å²) in [6, 6.07) is -0.947. The number of piperidine rings is 1. The van der Waals surface area contributed by atoms with Crippen molar-refractivity contribution in [3.8, 4) is 0 Å². The highest BCUT2D eigenvalue weighted by molar-refractivity contribution is 7.89. The van der Waals surface area contributed by atoms with E-state index in [0.29, 0.717) is 18.4 Å². The second-order valence-corrected chi connectivity index (χ2v) is 19.6. The van der Waals surface area contributed by atoms with Gasteiger partial charge < -0.3 is 26.2 Å². The average Bonchev–Trinajstić information content (AvgIpc) is 3.92. The molecule has 13 nitrogen and oxygen atoms in total. The summed E-state index contributed by atoms with van der Waals surface area (Å²) in [7, 11) is -2.77. The zero-order chi connectivity index (χ0) is 40.0. The van der Waals surface area contributed by atoms with Gasteiger partial charge in [0.2, 0.25) is 27.6 Å². The maximum atomic E-state index is 14.5. The number of aryl methyl sites for hydroxylation is 1. The van der Waals surface area contributed by atoms with Gasteiger partial charge >= 0.3 is 6.03 Å². The molecular weight excluding hydrogens is 704 g/mol. The van der Waals surface area contributed by atoms with E-state index >= 15 is 0 Å². The molecule has 294 valence electrons. The van der Waals surface area contributed by atoms with Crippen LogP contribution < -0.4 is 21.3 Å². The average molecular weight is 761 g/mol. The summed E-state index contributed by atoms with van der Waals surface area (Å²) in [4.78, 5) is 69.2. The second kappa shape index (κ2) is 15.1. The number of urea groups is 1. The zero-order valence-corrected chi connectivity index (χ0v) is 33.4. The van der Waals surface area contributed by atoms with Crippen LogP contribution in [0.3, 0.4) is 0 Å². The number of hydrogen-bond acceptors (Lipinski definition) is 7. The van der Waals surface area contributed by atoms with Crippen LogP contribution in [0.1, 0.15) is 73.8 Å². The Hall–Kier alpha value is -3.85. The number of likely N-dealkylation sites (N-methyl/N-ethyl adjacent to an activating group) is 1. The van der Waals surface area contributed by atoms with Crippen molar-refractivity contribution in [3.05, 3.63) is 42.2 Å². The van der Waals surface area contributed by atoms with E-state index in [2.05, 4.69) is 27.8 Å². The molecule has 15 heteroatoms. The van der Waals surface area contributed by atoms with E-state index < -0.39 is 80.4 Å². The van der Waals surface area contributed by atoms with E-state index in [1.165, 1.54) is 30.2 Å². The Bertz CT molecular complexity index is 1750. The predicted octanol–water partition coefficient (Wildman–Crippen LogP) is 3.13. The molecule has 2 aliphatic carbocycles. The summed E-state index contributed by atoms with van der Waals surface area (Å²) in [5.41, 5.74) is -1.33. The van der Waals surface area contributed by atoms with Gasteiger partial charge in [0.25, 0.3) is 5.91 Å². The zero-order valence-electron chi connectivity index (χ0n) is 32.6. The van der Waals surface area contributed by atoms with Crippen molar-refractivity contribution in [2.75, 3.05) is 26.7 Å². The maximum absolute atomic E-state index is 14.5. The molecule has 0 bridgehead atoms. The number of Topliss-reactive ketones (excluding diaryl/α,β-unsaturated/α-hetero) is 1. The Kier molecular flexibility index (Phi) is 12.0. The highest BCUT2D eigenvalue weighted by Gasteiger charge is 2.70. The molecule has 2 saturated carbocycles. The number of rotatable bonds is 14. The molecule has 53 heavy (non-hydrogen) atoms. The number of benzene rings is 1. The van der Waals surface area contributed by atoms with E-state index in [-0.39, 0.29) is 47.7 Å². The summed E-state index contributed by atoms with van der Waals surface area (Å²) in [6.45, 7) is 20.3. The molecule has 6 atom stereocenters. The van der Waals surface area contributed by atoms with Crippen LogP contribution in [0.5, 0.6) is 0 Å². The van der Waals surface area contributed by atoms with Gasteiger partial charge in [0, 0.05) is 32.7 Å². The minimum absolute atomic E-state index is 0.0205. The third-order valence-electron chi connectivity index (χ3n) is 11.1. The van der Waals surface area contributed by atoms with Crippen molar-refractivity contribution in [1.82, 2.24) is 30.5 Å².